The normalized spacial score (nSPS) is 11.3. The second-order valence-corrected chi connectivity index (χ2v) is 13.6. The molecule has 1 heterocycles. The van der Waals surface area contributed by atoms with E-state index >= 15 is 0 Å². The molecule has 0 aliphatic rings. The molecule has 0 fully saturated rings. The van der Waals surface area contributed by atoms with Crippen molar-refractivity contribution in [2.75, 3.05) is 25.1 Å². The molecule has 4 aromatic carbocycles. The summed E-state index contributed by atoms with van der Waals surface area (Å²) in [6.07, 6.45) is 1.21. The lowest BCUT2D eigenvalue weighted by atomic mass is 9.97. The predicted molar refractivity (Wildman–Crippen MR) is 183 cm³/mol. The predicted octanol–water partition coefficient (Wildman–Crippen LogP) is 6.70. The van der Waals surface area contributed by atoms with Gasteiger partial charge in [-0.2, -0.15) is 0 Å². The molecule has 0 bridgehead atoms. The first kappa shape index (κ1) is 33.7. The highest BCUT2D eigenvalue weighted by Crippen LogP contribution is 2.44. The van der Waals surface area contributed by atoms with Crippen LogP contribution in [0, 0.1) is 0 Å². The van der Waals surface area contributed by atoms with E-state index in [2.05, 4.69) is 15.8 Å². The van der Waals surface area contributed by atoms with E-state index in [0.717, 1.165) is 16.7 Å². The van der Waals surface area contributed by atoms with Crippen molar-refractivity contribution in [3.8, 4) is 33.9 Å². The van der Waals surface area contributed by atoms with E-state index in [-0.39, 0.29) is 24.0 Å². The van der Waals surface area contributed by atoms with E-state index in [0.29, 0.717) is 65.2 Å². The van der Waals surface area contributed by atoms with Gasteiger partial charge in [0.25, 0.3) is 5.91 Å². The summed E-state index contributed by atoms with van der Waals surface area (Å²) < 4.78 is 41.3. The van der Waals surface area contributed by atoms with Crippen LogP contribution in [0.1, 0.15) is 34.1 Å². The van der Waals surface area contributed by atoms with Gasteiger partial charge in [-0.3, -0.25) is 4.79 Å². The topological polar surface area (TPSA) is 120 Å². The van der Waals surface area contributed by atoms with Gasteiger partial charge in [0.15, 0.2) is 11.5 Å². The van der Waals surface area contributed by atoms with Crippen LogP contribution in [0.3, 0.4) is 0 Å². The Hall–Kier alpha value is -4.64. The van der Waals surface area contributed by atoms with Crippen molar-refractivity contribution < 1.29 is 27.2 Å². The van der Waals surface area contributed by atoms with Crippen LogP contribution in [-0.2, 0) is 29.6 Å². The third-order valence-electron chi connectivity index (χ3n) is 7.22. The Morgan fingerprint density at radius 3 is 2.06 bits per heavy atom. The average Bonchev–Trinajstić information content (AvgIpc) is 3.51. The van der Waals surface area contributed by atoms with E-state index < -0.39 is 9.84 Å². The molecule has 0 saturated carbocycles. The van der Waals surface area contributed by atoms with Crippen molar-refractivity contribution in [1.29, 1.82) is 0 Å². The number of ether oxygens (including phenoxy) is 2. The lowest BCUT2D eigenvalue weighted by Crippen LogP contribution is -2.23. The van der Waals surface area contributed by atoms with E-state index in [1.807, 2.05) is 91.9 Å². The summed E-state index contributed by atoms with van der Waals surface area (Å²) in [7, 11) is -3.05. The number of benzene rings is 4. The summed E-state index contributed by atoms with van der Waals surface area (Å²) in [5.74, 6) is 0.848. The Morgan fingerprint density at radius 2 is 1.47 bits per heavy atom. The van der Waals surface area contributed by atoms with Crippen molar-refractivity contribution in [2.45, 2.75) is 26.7 Å². The number of rotatable bonds is 15. The zero-order chi connectivity index (χ0) is 33.2. The third kappa shape index (κ3) is 9.22. The minimum absolute atomic E-state index is 0.0539. The van der Waals surface area contributed by atoms with Crippen LogP contribution < -0.4 is 20.1 Å². The van der Waals surface area contributed by atoms with Crippen LogP contribution in [0.5, 0.6) is 11.5 Å². The maximum absolute atomic E-state index is 13.2. The fourth-order valence-corrected chi connectivity index (χ4v) is 5.57. The largest absolute Gasteiger partial charge is 0.488 e. The van der Waals surface area contributed by atoms with Crippen LogP contribution in [0.25, 0.3) is 22.5 Å². The molecule has 0 radical (unpaired) electrons. The smallest absolute Gasteiger partial charge is 0.274 e. The number of hydrogen-bond donors (Lipinski definition) is 2. The van der Waals surface area contributed by atoms with Gasteiger partial charge in [0.1, 0.15) is 34.6 Å². The first-order chi connectivity index (χ1) is 22.7. The summed E-state index contributed by atoms with van der Waals surface area (Å²) in [5.41, 5.74) is 4.68. The molecule has 244 valence electrons. The van der Waals surface area contributed by atoms with Crippen LogP contribution in [-0.4, -0.2) is 44.6 Å². The Morgan fingerprint density at radius 1 is 0.851 bits per heavy atom. The minimum atomic E-state index is -3.05. The minimum Gasteiger partial charge on any atom is -0.488 e. The fraction of sp³-hybridized carbons (Fsp3) is 0.222. The van der Waals surface area contributed by atoms with Gasteiger partial charge in [0.2, 0.25) is 0 Å². The SMILES string of the molecule is CCNC(=O)c1noc(-c2cc(Cl)c(OCc3ccccc3)cc2OCc2ccccc2)c1-c1ccc(CNCCS(C)(=O)=O)cc1. The van der Waals surface area contributed by atoms with E-state index in [4.69, 9.17) is 25.6 Å². The van der Waals surface area contributed by atoms with Crippen LogP contribution in [0.4, 0.5) is 0 Å². The number of sulfone groups is 1. The molecule has 2 N–H and O–H groups in total. The quantitative estimate of drug-likeness (QED) is 0.118. The molecular weight excluding hydrogens is 638 g/mol. The lowest BCUT2D eigenvalue weighted by Gasteiger charge is -2.16. The molecule has 0 atom stereocenters. The first-order valence-electron chi connectivity index (χ1n) is 15.1. The number of carbonyl (C=O) groups is 1. The molecule has 0 unspecified atom stereocenters. The lowest BCUT2D eigenvalue weighted by molar-refractivity contribution is 0.0947. The van der Waals surface area contributed by atoms with Gasteiger partial charge in [0, 0.05) is 32.0 Å². The van der Waals surface area contributed by atoms with Gasteiger partial charge in [-0.25, -0.2) is 8.42 Å². The zero-order valence-electron chi connectivity index (χ0n) is 26.2. The molecule has 1 amide bonds. The molecule has 5 aromatic rings. The van der Waals surface area contributed by atoms with Crippen molar-refractivity contribution in [1.82, 2.24) is 15.8 Å². The molecule has 5 rings (SSSR count). The van der Waals surface area contributed by atoms with Gasteiger partial charge in [0.05, 0.1) is 21.9 Å². The Kier molecular flexibility index (Phi) is 11.3. The average molecular weight is 674 g/mol. The first-order valence-corrected chi connectivity index (χ1v) is 17.6. The summed E-state index contributed by atoms with van der Waals surface area (Å²) in [5, 5.41) is 10.5. The van der Waals surface area contributed by atoms with E-state index in [1.54, 1.807) is 12.1 Å². The van der Waals surface area contributed by atoms with Gasteiger partial charge < -0.3 is 24.6 Å². The molecule has 0 spiro atoms. The molecule has 9 nitrogen and oxygen atoms in total. The third-order valence-corrected chi connectivity index (χ3v) is 8.46. The summed E-state index contributed by atoms with van der Waals surface area (Å²) in [6.45, 7) is 3.63. The Labute approximate surface area is 279 Å². The number of amides is 1. The molecule has 0 saturated heterocycles. The monoisotopic (exact) mass is 673 g/mol. The van der Waals surface area contributed by atoms with Gasteiger partial charge in [-0.05, 0) is 35.2 Å². The number of aromatic nitrogens is 1. The number of nitrogens with one attached hydrogen (secondary N) is 2. The van der Waals surface area contributed by atoms with Gasteiger partial charge in [-0.1, -0.05) is 102 Å². The maximum Gasteiger partial charge on any atom is 0.274 e. The summed E-state index contributed by atoms with van der Waals surface area (Å²) in [4.78, 5) is 13.2. The van der Waals surface area contributed by atoms with Gasteiger partial charge >= 0.3 is 0 Å². The van der Waals surface area contributed by atoms with Crippen LogP contribution in [0.15, 0.2) is 102 Å². The highest BCUT2D eigenvalue weighted by atomic mass is 35.5. The zero-order valence-corrected chi connectivity index (χ0v) is 27.7. The number of halogens is 1. The highest BCUT2D eigenvalue weighted by molar-refractivity contribution is 7.90. The number of carbonyl (C=O) groups excluding carboxylic acids is 1. The van der Waals surface area contributed by atoms with E-state index in [9.17, 15) is 13.2 Å². The van der Waals surface area contributed by atoms with Crippen molar-refractivity contribution >= 4 is 27.3 Å². The Balaban J connectivity index is 1.52. The maximum atomic E-state index is 13.2. The van der Waals surface area contributed by atoms with Crippen LogP contribution >= 0.6 is 11.6 Å². The molecule has 11 heteroatoms. The van der Waals surface area contributed by atoms with Gasteiger partial charge in [-0.15, -0.1) is 0 Å². The molecular formula is C36H36ClN3O6S. The summed E-state index contributed by atoms with van der Waals surface area (Å²) in [6, 6.07) is 30.5. The second-order valence-electron chi connectivity index (χ2n) is 10.9. The van der Waals surface area contributed by atoms with Crippen molar-refractivity contribution in [3.63, 3.8) is 0 Å². The van der Waals surface area contributed by atoms with Crippen molar-refractivity contribution in [3.05, 3.63) is 124 Å². The summed E-state index contributed by atoms with van der Waals surface area (Å²) >= 11 is 6.79. The molecule has 47 heavy (non-hydrogen) atoms. The molecule has 1 aromatic heterocycles. The Bertz CT molecular complexity index is 1900. The van der Waals surface area contributed by atoms with E-state index in [1.165, 1.54) is 6.26 Å². The standard InChI is InChI=1S/C36H36ClN3O6S/c1-3-39-36(41)34-33(28-16-14-25(15-17-28)22-38-18-19-47(2,42)43)35(46-40-34)29-20-30(37)32(45-24-27-12-8-5-9-13-27)21-31(29)44-23-26-10-6-4-7-11-26/h4-17,20-21,38H,3,18-19,22-24H2,1-2H3,(H,39,41). The molecule has 0 aliphatic carbocycles. The van der Waals surface area contributed by atoms with Crippen molar-refractivity contribution in [2.24, 2.45) is 0 Å². The highest BCUT2D eigenvalue weighted by Gasteiger charge is 2.27. The second kappa shape index (κ2) is 15.8. The number of nitrogens with zero attached hydrogens (tertiary/aromatic N) is 1. The fourth-order valence-electron chi connectivity index (χ4n) is 4.83. The van der Waals surface area contributed by atoms with Crippen LogP contribution in [0.2, 0.25) is 5.02 Å². The molecule has 0 aliphatic heterocycles. The number of hydrogen-bond acceptors (Lipinski definition) is 8.